The lowest BCUT2D eigenvalue weighted by molar-refractivity contribution is 0.267. The first-order valence-electron chi connectivity index (χ1n) is 7.82. The van der Waals surface area contributed by atoms with Crippen LogP contribution in [-0.2, 0) is 13.1 Å². The zero-order valence-electron chi connectivity index (χ0n) is 13.7. The zero-order valence-corrected chi connectivity index (χ0v) is 13.7. The Morgan fingerprint density at radius 2 is 1.95 bits per heavy atom. The molecule has 0 bridgehead atoms. The molecule has 0 aliphatic heterocycles. The maximum atomic E-state index is 9.36. The maximum absolute atomic E-state index is 9.36. The van der Waals surface area contributed by atoms with Crippen molar-refractivity contribution in [2.45, 2.75) is 46.7 Å². The van der Waals surface area contributed by atoms with E-state index in [9.17, 15) is 5.11 Å². The molecule has 2 rings (SSSR count). The van der Waals surface area contributed by atoms with E-state index in [4.69, 9.17) is 4.98 Å². The maximum Gasteiger partial charge on any atom is 0.124 e. The Kier molecular flexibility index (Phi) is 5.37. The molecule has 4 nitrogen and oxygen atoms in total. The Labute approximate surface area is 127 Å². The number of fused-ring (bicyclic) bond motifs is 1. The highest BCUT2D eigenvalue weighted by molar-refractivity contribution is 5.78. The van der Waals surface area contributed by atoms with Crippen LogP contribution in [0.25, 0.3) is 11.0 Å². The molecule has 0 saturated heterocycles. The molecule has 0 spiro atoms. The van der Waals surface area contributed by atoms with Crippen LogP contribution in [0.5, 0.6) is 0 Å². The SMILES string of the molecule is CCCCN(C)Cc1nc2cc(C)c(C)cc2n1CCO. The van der Waals surface area contributed by atoms with Crippen LogP contribution < -0.4 is 0 Å². The molecule has 0 amide bonds. The average Bonchev–Trinajstić information content (AvgIpc) is 2.75. The number of aliphatic hydroxyl groups is 1. The van der Waals surface area contributed by atoms with Crippen LogP contribution in [0.4, 0.5) is 0 Å². The number of unbranched alkanes of at least 4 members (excludes halogenated alkanes) is 1. The highest BCUT2D eigenvalue weighted by atomic mass is 16.3. The van der Waals surface area contributed by atoms with Crippen molar-refractivity contribution in [3.05, 3.63) is 29.1 Å². The first-order chi connectivity index (χ1) is 10.1. The van der Waals surface area contributed by atoms with Gasteiger partial charge in [-0.2, -0.15) is 0 Å². The molecule has 0 aliphatic carbocycles. The number of imidazole rings is 1. The minimum Gasteiger partial charge on any atom is -0.395 e. The van der Waals surface area contributed by atoms with E-state index in [-0.39, 0.29) is 6.61 Å². The molecule has 1 aromatic carbocycles. The fourth-order valence-corrected chi connectivity index (χ4v) is 2.65. The molecule has 0 atom stereocenters. The topological polar surface area (TPSA) is 41.3 Å². The number of benzene rings is 1. The van der Waals surface area contributed by atoms with E-state index in [1.165, 1.54) is 24.0 Å². The van der Waals surface area contributed by atoms with Gasteiger partial charge in [0.25, 0.3) is 0 Å². The lowest BCUT2D eigenvalue weighted by Crippen LogP contribution is -2.22. The number of hydrogen-bond acceptors (Lipinski definition) is 3. The van der Waals surface area contributed by atoms with Gasteiger partial charge in [-0.05, 0) is 57.1 Å². The van der Waals surface area contributed by atoms with E-state index in [1.807, 2.05) is 0 Å². The molecule has 4 heteroatoms. The van der Waals surface area contributed by atoms with Gasteiger partial charge in [0.15, 0.2) is 0 Å². The second-order valence-corrected chi connectivity index (χ2v) is 5.92. The molecule has 0 aliphatic rings. The number of aromatic nitrogens is 2. The van der Waals surface area contributed by atoms with Gasteiger partial charge in [0.1, 0.15) is 5.82 Å². The van der Waals surface area contributed by atoms with E-state index in [1.54, 1.807) is 0 Å². The van der Waals surface area contributed by atoms with Crippen LogP contribution in [0.1, 0.15) is 36.7 Å². The lowest BCUT2D eigenvalue weighted by atomic mass is 10.1. The first kappa shape index (κ1) is 16.0. The minimum absolute atomic E-state index is 0.143. The van der Waals surface area contributed by atoms with Crippen LogP contribution >= 0.6 is 0 Å². The molecule has 2 aromatic rings. The summed E-state index contributed by atoms with van der Waals surface area (Å²) < 4.78 is 2.16. The fourth-order valence-electron chi connectivity index (χ4n) is 2.65. The lowest BCUT2D eigenvalue weighted by Gasteiger charge is -2.16. The summed E-state index contributed by atoms with van der Waals surface area (Å²) in [6, 6.07) is 4.33. The van der Waals surface area contributed by atoms with Crippen LogP contribution in [0.2, 0.25) is 0 Å². The normalized spacial score (nSPS) is 11.7. The van der Waals surface area contributed by atoms with Crippen LogP contribution in [0, 0.1) is 13.8 Å². The highest BCUT2D eigenvalue weighted by Crippen LogP contribution is 2.21. The van der Waals surface area contributed by atoms with E-state index >= 15 is 0 Å². The Hall–Kier alpha value is -1.39. The number of hydrogen-bond donors (Lipinski definition) is 1. The summed E-state index contributed by atoms with van der Waals surface area (Å²) in [6.45, 7) is 9.11. The summed E-state index contributed by atoms with van der Waals surface area (Å²) in [5.41, 5.74) is 4.70. The van der Waals surface area contributed by atoms with Crippen LogP contribution in [0.3, 0.4) is 0 Å². The highest BCUT2D eigenvalue weighted by Gasteiger charge is 2.13. The Morgan fingerprint density at radius 1 is 1.24 bits per heavy atom. The van der Waals surface area contributed by atoms with Gasteiger partial charge in [-0.1, -0.05) is 13.3 Å². The average molecular weight is 289 g/mol. The van der Waals surface area contributed by atoms with Crippen molar-refractivity contribution in [2.24, 2.45) is 0 Å². The molecule has 0 fully saturated rings. The quantitative estimate of drug-likeness (QED) is 0.852. The molecule has 1 N–H and O–H groups in total. The summed E-state index contributed by atoms with van der Waals surface area (Å²) >= 11 is 0. The van der Waals surface area contributed by atoms with Crippen molar-refractivity contribution in [3.8, 4) is 0 Å². The largest absolute Gasteiger partial charge is 0.395 e. The molecule has 1 heterocycles. The summed E-state index contributed by atoms with van der Waals surface area (Å²) in [7, 11) is 2.13. The molecule has 0 radical (unpaired) electrons. The van der Waals surface area contributed by atoms with Crippen molar-refractivity contribution in [3.63, 3.8) is 0 Å². The predicted molar refractivity (Wildman–Crippen MR) is 87.5 cm³/mol. The van der Waals surface area contributed by atoms with E-state index in [0.29, 0.717) is 6.54 Å². The van der Waals surface area contributed by atoms with Gasteiger partial charge in [0.05, 0.1) is 24.2 Å². The van der Waals surface area contributed by atoms with Gasteiger partial charge in [0, 0.05) is 6.54 Å². The molecule has 21 heavy (non-hydrogen) atoms. The summed E-state index contributed by atoms with van der Waals surface area (Å²) in [5, 5.41) is 9.36. The molecule has 116 valence electrons. The van der Waals surface area contributed by atoms with Gasteiger partial charge in [-0.15, -0.1) is 0 Å². The van der Waals surface area contributed by atoms with Gasteiger partial charge in [-0.3, -0.25) is 4.90 Å². The molecule has 0 saturated carbocycles. The molecular formula is C17H27N3O. The van der Waals surface area contributed by atoms with Crippen molar-refractivity contribution >= 4 is 11.0 Å². The van der Waals surface area contributed by atoms with Crippen LogP contribution in [-0.4, -0.2) is 39.8 Å². The Morgan fingerprint density at radius 3 is 2.62 bits per heavy atom. The van der Waals surface area contributed by atoms with Crippen molar-refractivity contribution in [1.29, 1.82) is 0 Å². The van der Waals surface area contributed by atoms with E-state index < -0.39 is 0 Å². The van der Waals surface area contributed by atoms with E-state index in [2.05, 4.69) is 49.4 Å². The monoisotopic (exact) mass is 289 g/mol. The Balaban J connectivity index is 2.35. The Bertz CT molecular complexity index is 604. The third-order valence-electron chi connectivity index (χ3n) is 4.07. The van der Waals surface area contributed by atoms with Gasteiger partial charge >= 0.3 is 0 Å². The smallest absolute Gasteiger partial charge is 0.124 e. The standard InChI is InChI=1S/C17H27N3O/c1-5-6-7-19(4)12-17-18-15-10-13(2)14(3)11-16(15)20(17)8-9-21/h10-11,21H,5-9,12H2,1-4H3. The third kappa shape index (κ3) is 3.63. The van der Waals surface area contributed by atoms with Gasteiger partial charge in [0.2, 0.25) is 0 Å². The molecular weight excluding hydrogens is 262 g/mol. The summed E-state index contributed by atoms with van der Waals surface area (Å²) in [5.74, 6) is 1.04. The van der Waals surface area contributed by atoms with Crippen molar-refractivity contribution in [1.82, 2.24) is 14.5 Å². The van der Waals surface area contributed by atoms with Crippen molar-refractivity contribution in [2.75, 3.05) is 20.2 Å². The van der Waals surface area contributed by atoms with Gasteiger partial charge < -0.3 is 9.67 Å². The molecule has 1 aromatic heterocycles. The predicted octanol–water partition coefficient (Wildman–Crippen LogP) is 2.88. The number of aryl methyl sites for hydroxylation is 2. The van der Waals surface area contributed by atoms with Crippen molar-refractivity contribution < 1.29 is 5.11 Å². The number of aliphatic hydroxyl groups excluding tert-OH is 1. The first-order valence-corrected chi connectivity index (χ1v) is 7.82. The van der Waals surface area contributed by atoms with E-state index in [0.717, 1.165) is 29.9 Å². The summed E-state index contributed by atoms with van der Waals surface area (Å²) in [6.07, 6.45) is 2.41. The van der Waals surface area contributed by atoms with Gasteiger partial charge in [-0.25, -0.2) is 4.98 Å². The minimum atomic E-state index is 0.143. The number of rotatable bonds is 7. The fraction of sp³-hybridized carbons (Fsp3) is 0.588. The summed E-state index contributed by atoms with van der Waals surface area (Å²) in [4.78, 5) is 7.10. The zero-order chi connectivity index (χ0) is 15.4. The third-order valence-corrected chi connectivity index (χ3v) is 4.07. The number of nitrogens with zero attached hydrogens (tertiary/aromatic N) is 3. The molecule has 0 unspecified atom stereocenters. The second kappa shape index (κ2) is 7.05. The second-order valence-electron chi connectivity index (χ2n) is 5.92. The van der Waals surface area contributed by atoms with Crippen LogP contribution in [0.15, 0.2) is 12.1 Å².